The van der Waals surface area contributed by atoms with Crippen LogP contribution in [0.1, 0.15) is 156 Å². The van der Waals surface area contributed by atoms with Crippen LogP contribution >= 0.6 is 0 Å². The van der Waals surface area contributed by atoms with Gasteiger partial charge in [0.15, 0.2) is 0 Å². The molecule has 0 atom stereocenters. The Kier molecular flexibility index (Phi) is 21.1. The molecule has 0 fully saturated rings. The summed E-state index contributed by atoms with van der Waals surface area (Å²) in [4.78, 5) is 2.35. The maximum atomic E-state index is 6.49. The van der Waals surface area contributed by atoms with Crippen LogP contribution in [0.5, 0.6) is 23.0 Å². The van der Waals surface area contributed by atoms with E-state index in [0.717, 1.165) is 101 Å². The molecule has 0 amide bonds. The minimum absolute atomic E-state index is 0.456. The zero-order valence-corrected chi connectivity index (χ0v) is 39.2. The highest BCUT2D eigenvalue weighted by atomic mass is 16.5. The van der Waals surface area contributed by atoms with E-state index >= 15 is 0 Å². The number of anilines is 3. The van der Waals surface area contributed by atoms with Crippen molar-refractivity contribution in [2.75, 3.05) is 31.3 Å². The van der Waals surface area contributed by atoms with Crippen LogP contribution < -0.4 is 23.8 Å². The van der Waals surface area contributed by atoms with Gasteiger partial charge < -0.3 is 23.8 Å². The summed E-state index contributed by atoms with van der Waals surface area (Å²) in [6, 6.07) is 39.5. The monoisotopic (exact) mass is 840 g/mol. The molecule has 0 aliphatic rings. The van der Waals surface area contributed by atoms with E-state index in [0.29, 0.717) is 19.1 Å². The summed E-state index contributed by atoms with van der Waals surface area (Å²) in [7, 11) is 0. The summed E-state index contributed by atoms with van der Waals surface area (Å²) < 4.78 is 25.4. The standard InChI is InChI=1S/C57H77NO4/c1-7-11-15-19-39-59-52-35-37-54(56(43-52)61-41-21-17-13-9-3)47-25-31-50(32-26-47)58(49-29-23-46(24-30-49)45(5)6)51-33-27-48(28-34-51)55-38-36-53(60-40-20-16-12-8-2)44-57(55)62-42-22-18-14-10-4/h23-38,43-45H,7-22,39-42H2,1-6H3. The van der Waals surface area contributed by atoms with Crippen molar-refractivity contribution in [2.45, 2.75) is 150 Å². The molecule has 0 aliphatic carbocycles. The maximum absolute atomic E-state index is 6.49. The first-order valence-electron chi connectivity index (χ1n) is 24.4. The Morgan fingerprint density at radius 1 is 0.371 bits per heavy atom. The summed E-state index contributed by atoms with van der Waals surface area (Å²) >= 11 is 0. The third-order valence-corrected chi connectivity index (χ3v) is 11.6. The number of hydrogen-bond donors (Lipinski definition) is 0. The molecule has 0 spiro atoms. The fourth-order valence-electron chi connectivity index (χ4n) is 7.80. The second kappa shape index (κ2) is 27.2. The Labute approximate surface area is 376 Å². The van der Waals surface area contributed by atoms with Gasteiger partial charge in [0.2, 0.25) is 0 Å². The smallest absolute Gasteiger partial charge is 0.130 e. The first kappa shape index (κ1) is 48.1. The van der Waals surface area contributed by atoms with E-state index in [4.69, 9.17) is 18.9 Å². The predicted octanol–water partition coefficient (Wildman–Crippen LogP) is 17.5. The largest absolute Gasteiger partial charge is 0.493 e. The Hall–Kier alpha value is -4.90. The fraction of sp³-hybridized carbons (Fsp3) is 0.474. The minimum Gasteiger partial charge on any atom is -0.493 e. The normalized spacial score (nSPS) is 11.2. The van der Waals surface area contributed by atoms with Gasteiger partial charge in [-0.15, -0.1) is 0 Å². The number of ether oxygens (including phenoxy) is 4. The quantitative estimate of drug-likeness (QED) is 0.0431. The highest BCUT2D eigenvalue weighted by molar-refractivity contribution is 5.81. The second-order valence-corrected chi connectivity index (χ2v) is 17.1. The van der Waals surface area contributed by atoms with Crippen LogP contribution in [0.3, 0.4) is 0 Å². The lowest BCUT2D eigenvalue weighted by molar-refractivity contribution is 0.291. The zero-order chi connectivity index (χ0) is 43.8. The van der Waals surface area contributed by atoms with Crippen molar-refractivity contribution >= 4 is 17.1 Å². The molecule has 0 saturated heterocycles. The van der Waals surface area contributed by atoms with E-state index in [9.17, 15) is 0 Å². The van der Waals surface area contributed by atoms with Gasteiger partial charge in [-0.3, -0.25) is 0 Å². The fourth-order valence-corrected chi connectivity index (χ4v) is 7.80. The van der Waals surface area contributed by atoms with E-state index in [2.05, 4.69) is 156 Å². The molecule has 0 saturated carbocycles. The van der Waals surface area contributed by atoms with Crippen LogP contribution in [0.4, 0.5) is 17.1 Å². The zero-order valence-electron chi connectivity index (χ0n) is 39.2. The van der Waals surface area contributed by atoms with Crippen molar-refractivity contribution in [3.8, 4) is 45.3 Å². The van der Waals surface area contributed by atoms with Gasteiger partial charge >= 0.3 is 0 Å². The van der Waals surface area contributed by atoms with Crippen LogP contribution in [0.2, 0.25) is 0 Å². The lowest BCUT2D eigenvalue weighted by atomic mass is 10.0. The Morgan fingerprint density at radius 2 is 0.710 bits per heavy atom. The number of unbranched alkanes of at least 4 members (excludes halogenated alkanes) is 12. The Bertz CT molecular complexity index is 1850. The number of rotatable bonds is 30. The summed E-state index contributed by atoms with van der Waals surface area (Å²) in [5.41, 5.74) is 9.01. The van der Waals surface area contributed by atoms with Gasteiger partial charge in [0.05, 0.1) is 26.4 Å². The summed E-state index contributed by atoms with van der Waals surface area (Å²) in [6.45, 7) is 16.3. The van der Waals surface area contributed by atoms with Crippen LogP contribution in [0, 0.1) is 0 Å². The molecule has 5 rings (SSSR count). The van der Waals surface area contributed by atoms with Crippen LogP contribution in [0.15, 0.2) is 109 Å². The van der Waals surface area contributed by atoms with Crippen molar-refractivity contribution in [3.05, 3.63) is 115 Å². The topological polar surface area (TPSA) is 40.2 Å². The second-order valence-electron chi connectivity index (χ2n) is 17.1. The maximum Gasteiger partial charge on any atom is 0.130 e. The average molecular weight is 840 g/mol. The lowest BCUT2D eigenvalue weighted by Crippen LogP contribution is -2.10. The van der Waals surface area contributed by atoms with Crippen molar-refractivity contribution in [1.82, 2.24) is 0 Å². The third kappa shape index (κ3) is 15.2. The van der Waals surface area contributed by atoms with E-state index in [1.165, 1.54) is 82.6 Å². The minimum atomic E-state index is 0.456. The van der Waals surface area contributed by atoms with Crippen molar-refractivity contribution < 1.29 is 18.9 Å². The highest BCUT2D eigenvalue weighted by Gasteiger charge is 2.17. The molecule has 334 valence electrons. The number of benzene rings is 5. The van der Waals surface area contributed by atoms with Gasteiger partial charge in [-0.2, -0.15) is 0 Å². The summed E-state index contributed by atoms with van der Waals surface area (Å²) in [5.74, 6) is 3.97. The third-order valence-electron chi connectivity index (χ3n) is 11.6. The van der Waals surface area contributed by atoms with Gasteiger partial charge in [-0.05, 0) is 109 Å². The summed E-state index contributed by atoms with van der Waals surface area (Å²) in [6.07, 6.45) is 18.8. The molecule has 5 nitrogen and oxygen atoms in total. The van der Waals surface area contributed by atoms with Gasteiger partial charge in [-0.1, -0.05) is 155 Å². The molecule has 0 unspecified atom stereocenters. The Morgan fingerprint density at radius 3 is 1.05 bits per heavy atom. The molecule has 0 aliphatic heterocycles. The van der Waals surface area contributed by atoms with Crippen molar-refractivity contribution in [1.29, 1.82) is 0 Å². The molecule has 5 aromatic carbocycles. The van der Waals surface area contributed by atoms with Crippen LogP contribution in [0.25, 0.3) is 22.3 Å². The van der Waals surface area contributed by atoms with E-state index < -0.39 is 0 Å². The van der Waals surface area contributed by atoms with Gasteiger partial charge in [0, 0.05) is 40.3 Å². The molecule has 0 N–H and O–H groups in total. The van der Waals surface area contributed by atoms with E-state index in [-0.39, 0.29) is 0 Å². The number of hydrogen-bond acceptors (Lipinski definition) is 5. The highest BCUT2D eigenvalue weighted by Crippen LogP contribution is 2.41. The molecule has 0 radical (unpaired) electrons. The Balaban J connectivity index is 1.43. The predicted molar refractivity (Wildman–Crippen MR) is 265 cm³/mol. The van der Waals surface area contributed by atoms with Crippen LogP contribution in [-0.2, 0) is 0 Å². The molecular formula is C57H77NO4. The SMILES string of the molecule is CCCCCCOc1ccc(-c2ccc(N(c3ccc(-c4ccc(OCCCCCC)cc4OCCCCCC)cc3)c3ccc(C(C)C)cc3)cc2)c(OCCCCCC)c1. The molecule has 0 aromatic heterocycles. The molecule has 0 heterocycles. The molecule has 0 bridgehead atoms. The number of nitrogens with zero attached hydrogens (tertiary/aromatic N) is 1. The van der Waals surface area contributed by atoms with Gasteiger partial charge in [-0.25, -0.2) is 0 Å². The van der Waals surface area contributed by atoms with E-state index in [1.807, 2.05) is 0 Å². The molecule has 62 heavy (non-hydrogen) atoms. The molecule has 5 heteroatoms. The molecule has 5 aromatic rings. The van der Waals surface area contributed by atoms with Gasteiger partial charge in [0.1, 0.15) is 23.0 Å². The first-order valence-corrected chi connectivity index (χ1v) is 24.4. The average Bonchev–Trinajstić information content (AvgIpc) is 3.30. The summed E-state index contributed by atoms with van der Waals surface area (Å²) in [5, 5.41) is 0. The molecular weight excluding hydrogens is 763 g/mol. The van der Waals surface area contributed by atoms with Crippen molar-refractivity contribution in [3.63, 3.8) is 0 Å². The lowest BCUT2D eigenvalue weighted by Gasteiger charge is -2.26. The van der Waals surface area contributed by atoms with E-state index in [1.54, 1.807) is 0 Å². The van der Waals surface area contributed by atoms with Crippen LogP contribution in [-0.4, -0.2) is 26.4 Å². The van der Waals surface area contributed by atoms with Gasteiger partial charge in [0.25, 0.3) is 0 Å². The van der Waals surface area contributed by atoms with Crippen molar-refractivity contribution in [2.24, 2.45) is 0 Å². The first-order chi connectivity index (χ1) is 30.4.